The lowest BCUT2D eigenvalue weighted by molar-refractivity contribution is 0.0782. The summed E-state index contributed by atoms with van der Waals surface area (Å²) in [5, 5.41) is 1.97. The van der Waals surface area contributed by atoms with Crippen LogP contribution in [0.15, 0.2) is 11.4 Å². The molecule has 1 unspecified atom stereocenters. The maximum absolute atomic E-state index is 12.6. The zero-order valence-electron chi connectivity index (χ0n) is 13.7. The third-order valence-electron chi connectivity index (χ3n) is 5.20. The molecule has 0 spiro atoms. The van der Waals surface area contributed by atoms with E-state index in [9.17, 15) is 13.2 Å². The van der Waals surface area contributed by atoms with Crippen LogP contribution in [-0.2, 0) is 10.0 Å². The normalized spacial score (nSPS) is 24.3. The number of likely N-dealkylation sites (tertiary alicyclic amines) is 1. The van der Waals surface area contributed by atoms with E-state index in [0.29, 0.717) is 24.9 Å². The fourth-order valence-electron chi connectivity index (χ4n) is 3.77. The van der Waals surface area contributed by atoms with Gasteiger partial charge in [-0.15, -0.1) is 11.3 Å². The van der Waals surface area contributed by atoms with Crippen molar-refractivity contribution in [1.29, 1.82) is 0 Å². The number of carbonyl (C=O) groups is 1. The third kappa shape index (κ3) is 3.61. The molecule has 0 radical (unpaired) electrons. The lowest BCUT2D eigenvalue weighted by Crippen LogP contribution is -2.40. The Morgan fingerprint density at radius 1 is 1.17 bits per heavy atom. The first-order valence-corrected chi connectivity index (χ1v) is 10.9. The smallest absolute Gasteiger partial charge is 0.264 e. The first-order chi connectivity index (χ1) is 10.9. The summed E-state index contributed by atoms with van der Waals surface area (Å²) < 4.78 is 24.8. The summed E-state index contributed by atoms with van der Waals surface area (Å²) in [7, 11) is -3.06. The first-order valence-electron chi connectivity index (χ1n) is 8.14. The highest BCUT2D eigenvalue weighted by Gasteiger charge is 2.35. The number of piperidine rings is 1. The van der Waals surface area contributed by atoms with Gasteiger partial charge in [0.05, 0.1) is 11.1 Å². The number of amides is 1. The lowest BCUT2D eigenvalue weighted by Gasteiger charge is -2.33. The van der Waals surface area contributed by atoms with Gasteiger partial charge >= 0.3 is 0 Å². The van der Waals surface area contributed by atoms with Gasteiger partial charge in [0, 0.05) is 26.2 Å². The number of carbonyl (C=O) groups excluding carboxylic acids is 1. The summed E-state index contributed by atoms with van der Waals surface area (Å²) in [5.74, 6) is 1.21. The Balaban J connectivity index is 1.57. The van der Waals surface area contributed by atoms with E-state index in [1.807, 2.05) is 23.3 Å². The van der Waals surface area contributed by atoms with Crippen molar-refractivity contribution in [3.8, 4) is 0 Å². The molecule has 0 aliphatic carbocycles. The second kappa shape index (κ2) is 6.53. The number of aryl methyl sites for hydroxylation is 1. The summed E-state index contributed by atoms with van der Waals surface area (Å²) in [4.78, 5) is 15.4. The van der Waals surface area contributed by atoms with Crippen LogP contribution in [0.5, 0.6) is 0 Å². The Hall–Kier alpha value is -0.920. The highest BCUT2D eigenvalue weighted by molar-refractivity contribution is 7.88. The lowest BCUT2D eigenvalue weighted by atomic mass is 9.84. The van der Waals surface area contributed by atoms with Crippen molar-refractivity contribution in [1.82, 2.24) is 9.21 Å². The van der Waals surface area contributed by atoms with Crippen molar-refractivity contribution in [3.05, 3.63) is 21.9 Å². The molecule has 3 heterocycles. The van der Waals surface area contributed by atoms with Crippen LogP contribution < -0.4 is 0 Å². The monoisotopic (exact) mass is 356 g/mol. The predicted octanol–water partition coefficient (Wildman–Crippen LogP) is 2.19. The summed E-state index contributed by atoms with van der Waals surface area (Å²) in [6, 6.07) is 1.99. The van der Waals surface area contributed by atoms with Gasteiger partial charge in [0.1, 0.15) is 0 Å². The van der Waals surface area contributed by atoms with Crippen molar-refractivity contribution in [2.45, 2.75) is 26.2 Å². The number of sulfonamides is 1. The Bertz CT molecular complexity index is 675. The molecule has 1 atom stereocenters. The Labute approximate surface area is 142 Å². The van der Waals surface area contributed by atoms with Gasteiger partial charge in [0.25, 0.3) is 5.91 Å². The molecule has 23 heavy (non-hydrogen) atoms. The maximum Gasteiger partial charge on any atom is 0.264 e. The van der Waals surface area contributed by atoms with E-state index in [4.69, 9.17) is 0 Å². The molecule has 5 nitrogen and oxygen atoms in total. The molecule has 2 aliphatic rings. The van der Waals surface area contributed by atoms with E-state index in [1.54, 1.807) is 4.31 Å². The van der Waals surface area contributed by atoms with Gasteiger partial charge in [-0.1, -0.05) is 0 Å². The Morgan fingerprint density at radius 3 is 2.39 bits per heavy atom. The number of hydrogen-bond donors (Lipinski definition) is 0. The van der Waals surface area contributed by atoms with Gasteiger partial charge in [-0.2, -0.15) is 0 Å². The minimum absolute atomic E-state index is 0.161. The third-order valence-corrected chi connectivity index (χ3v) is 7.51. The molecule has 2 aliphatic heterocycles. The van der Waals surface area contributed by atoms with Crippen molar-refractivity contribution < 1.29 is 13.2 Å². The largest absolute Gasteiger partial charge is 0.338 e. The topological polar surface area (TPSA) is 57.7 Å². The van der Waals surface area contributed by atoms with E-state index in [1.165, 1.54) is 17.6 Å². The average molecular weight is 357 g/mol. The van der Waals surface area contributed by atoms with Crippen LogP contribution in [0.25, 0.3) is 0 Å². The molecule has 0 N–H and O–H groups in total. The Kier molecular flexibility index (Phi) is 4.80. The van der Waals surface area contributed by atoms with E-state index in [2.05, 4.69) is 0 Å². The van der Waals surface area contributed by atoms with Crippen LogP contribution in [-0.4, -0.2) is 56.0 Å². The van der Waals surface area contributed by atoms with Gasteiger partial charge in [0.2, 0.25) is 10.0 Å². The minimum Gasteiger partial charge on any atom is -0.338 e. The van der Waals surface area contributed by atoms with Crippen molar-refractivity contribution in [3.63, 3.8) is 0 Å². The van der Waals surface area contributed by atoms with Crippen molar-refractivity contribution in [2.75, 3.05) is 32.4 Å². The SMILES string of the molecule is Cc1ccsc1C(=O)N1CCC(C2CCN(S(C)(=O)=O)CC2)C1. The number of hydrogen-bond acceptors (Lipinski definition) is 4. The maximum atomic E-state index is 12.6. The van der Waals surface area contributed by atoms with Crippen LogP contribution in [0.2, 0.25) is 0 Å². The molecular formula is C16H24N2O3S2. The number of nitrogens with zero attached hydrogens (tertiary/aromatic N) is 2. The predicted molar refractivity (Wildman–Crippen MR) is 92.2 cm³/mol. The van der Waals surface area contributed by atoms with Gasteiger partial charge in [0.15, 0.2) is 0 Å². The molecule has 3 rings (SSSR count). The molecule has 7 heteroatoms. The molecule has 0 saturated carbocycles. The minimum atomic E-state index is -3.06. The molecular weight excluding hydrogens is 332 g/mol. The highest BCUT2D eigenvalue weighted by atomic mass is 32.2. The van der Waals surface area contributed by atoms with Crippen LogP contribution in [0.4, 0.5) is 0 Å². The zero-order valence-corrected chi connectivity index (χ0v) is 15.3. The summed E-state index contributed by atoms with van der Waals surface area (Å²) >= 11 is 1.52. The van der Waals surface area contributed by atoms with Gasteiger partial charge in [-0.05, 0) is 55.0 Å². The van der Waals surface area contributed by atoms with E-state index in [-0.39, 0.29) is 5.91 Å². The molecule has 1 amide bonds. The van der Waals surface area contributed by atoms with E-state index >= 15 is 0 Å². The summed E-state index contributed by atoms with van der Waals surface area (Å²) in [6.07, 6.45) is 4.15. The van der Waals surface area contributed by atoms with Gasteiger partial charge in [-0.3, -0.25) is 4.79 Å². The van der Waals surface area contributed by atoms with E-state index in [0.717, 1.165) is 42.8 Å². The Morgan fingerprint density at radius 2 is 1.83 bits per heavy atom. The molecule has 0 bridgehead atoms. The molecule has 1 aromatic rings. The van der Waals surface area contributed by atoms with Crippen molar-refractivity contribution >= 4 is 27.3 Å². The fourth-order valence-corrected chi connectivity index (χ4v) is 5.54. The average Bonchev–Trinajstić information content (AvgIpc) is 3.15. The van der Waals surface area contributed by atoms with Crippen LogP contribution in [0, 0.1) is 18.8 Å². The van der Waals surface area contributed by atoms with Crippen molar-refractivity contribution in [2.24, 2.45) is 11.8 Å². The number of thiophene rings is 1. The molecule has 2 fully saturated rings. The summed E-state index contributed by atoms with van der Waals surface area (Å²) in [5.41, 5.74) is 1.06. The van der Waals surface area contributed by atoms with Crippen LogP contribution in [0.3, 0.4) is 0 Å². The molecule has 1 aromatic heterocycles. The highest BCUT2D eigenvalue weighted by Crippen LogP contribution is 2.33. The quantitative estimate of drug-likeness (QED) is 0.834. The second-order valence-electron chi connectivity index (χ2n) is 6.73. The van der Waals surface area contributed by atoms with E-state index < -0.39 is 10.0 Å². The number of rotatable bonds is 3. The standard InChI is InChI=1S/C16H24N2O3S2/c1-12-6-10-22-15(12)16(19)17-7-3-14(11-17)13-4-8-18(9-5-13)23(2,20)21/h6,10,13-14H,3-5,7-9,11H2,1-2H3. The van der Waals surface area contributed by atoms with Crippen LogP contribution >= 0.6 is 11.3 Å². The fraction of sp³-hybridized carbons (Fsp3) is 0.688. The second-order valence-corrected chi connectivity index (χ2v) is 9.63. The van der Waals surface area contributed by atoms with Gasteiger partial charge < -0.3 is 4.90 Å². The van der Waals surface area contributed by atoms with Crippen LogP contribution in [0.1, 0.15) is 34.5 Å². The molecule has 0 aromatic carbocycles. The zero-order chi connectivity index (χ0) is 16.6. The summed E-state index contributed by atoms with van der Waals surface area (Å²) in [6.45, 7) is 4.88. The molecule has 128 valence electrons. The first kappa shape index (κ1) is 16.9. The molecule has 2 saturated heterocycles. The van der Waals surface area contributed by atoms with Gasteiger partial charge in [-0.25, -0.2) is 12.7 Å².